The van der Waals surface area contributed by atoms with Crippen molar-refractivity contribution in [1.29, 1.82) is 0 Å². The average molecular weight is 243 g/mol. The lowest BCUT2D eigenvalue weighted by molar-refractivity contribution is 0.341. The fraction of sp³-hybridized carbons (Fsp3) is 0.200. The Morgan fingerprint density at radius 1 is 1.06 bits per heavy atom. The Balaban J connectivity index is 2.08. The maximum absolute atomic E-state index is 9.69. The van der Waals surface area contributed by atoms with Crippen molar-refractivity contribution in [3.05, 3.63) is 54.1 Å². The van der Waals surface area contributed by atoms with Gasteiger partial charge in [0.05, 0.1) is 12.3 Å². The largest absolute Gasteiger partial charge is 0.508 e. The summed E-state index contributed by atoms with van der Waals surface area (Å²) in [4.78, 5) is 0. The van der Waals surface area contributed by atoms with Crippen molar-refractivity contribution in [2.24, 2.45) is 0 Å². The highest BCUT2D eigenvalue weighted by molar-refractivity contribution is 5.56. The van der Waals surface area contributed by atoms with Crippen LogP contribution in [0.5, 0.6) is 11.5 Å². The molecule has 0 saturated carbocycles. The number of anilines is 1. The summed E-state index contributed by atoms with van der Waals surface area (Å²) in [6, 6.07) is 15.1. The Morgan fingerprint density at radius 2 is 1.78 bits per heavy atom. The molecule has 2 aromatic carbocycles. The van der Waals surface area contributed by atoms with Gasteiger partial charge in [-0.05, 0) is 25.1 Å². The van der Waals surface area contributed by atoms with Gasteiger partial charge in [0.1, 0.15) is 11.5 Å². The number of para-hydroxylation sites is 3. The summed E-state index contributed by atoms with van der Waals surface area (Å²) in [7, 11) is 0. The first kappa shape index (κ1) is 12.3. The smallest absolute Gasteiger partial charge is 0.142 e. The van der Waals surface area contributed by atoms with Gasteiger partial charge in [0.2, 0.25) is 0 Å². The highest BCUT2D eigenvalue weighted by atomic mass is 16.5. The molecule has 0 saturated heterocycles. The van der Waals surface area contributed by atoms with Crippen LogP contribution >= 0.6 is 0 Å². The predicted molar refractivity (Wildman–Crippen MR) is 73.0 cm³/mol. The second-order valence-corrected chi connectivity index (χ2v) is 3.91. The molecular weight excluding hydrogens is 226 g/mol. The van der Waals surface area contributed by atoms with E-state index in [1.54, 1.807) is 6.07 Å². The van der Waals surface area contributed by atoms with E-state index in [0.717, 1.165) is 17.0 Å². The van der Waals surface area contributed by atoms with Crippen LogP contribution in [0.4, 0.5) is 5.69 Å². The number of nitrogens with one attached hydrogen (secondary N) is 1. The second kappa shape index (κ2) is 5.96. The monoisotopic (exact) mass is 243 g/mol. The second-order valence-electron chi connectivity index (χ2n) is 3.91. The summed E-state index contributed by atoms with van der Waals surface area (Å²) in [6.07, 6.45) is 0. The highest BCUT2D eigenvalue weighted by Gasteiger charge is 2.03. The van der Waals surface area contributed by atoms with Gasteiger partial charge < -0.3 is 15.2 Å². The first-order valence-electron chi connectivity index (χ1n) is 6.04. The topological polar surface area (TPSA) is 41.5 Å². The van der Waals surface area contributed by atoms with Crippen molar-refractivity contribution in [3.8, 4) is 11.5 Å². The number of phenols is 1. The SMILES string of the molecule is CCOc1ccccc1NCc1ccccc1O. The van der Waals surface area contributed by atoms with Crippen molar-refractivity contribution in [1.82, 2.24) is 0 Å². The first-order chi connectivity index (χ1) is 8.81. The summed E-state index contributed by atoms with van der Waals surface area (Å²) in [5.41, 5.74) is 1.80. The average Bonchev–Trinajstić information content (AvgIpc) is 2.40. The quantitative estimate of drug-likeness (QED) is 0.845. The molecule has 0 fully saturated rings. The van der Waals surface area contributed by atoms with Crippen molar-refractivity contribution in [2.45, 2.75) is 13.5 Å². The Labute approximate surface area is 107 Å². The van der Waals surface area contributed by atoms with Crippen molar-refractivity contribution in [2.75, 3.05) is 11.9 Å². The molecule has 0 unspecified atom stereocenters. The molecule has 0 aliphatic rings. The van der Waals surface area contributed by atoms with E-state index in [1.165, 1.54) is 0 Å². The van der Waals surface area contributed by atoms with Crippen LogP contribution < -0.4 is 10.1 Å². The molecule has 0 heterocycles. The molecule has 18 heavy (non-hydrogen) atoms. The minimum absolute atomic E-state index is 0.305. The van der Waals surface area contributed by atoms with Crippen LogP contribution in [0.1, 0.15) is 12.5 Å². The number of phenolic OH excluding ortho intramolecular Hbond substituents is 1. The number of aromatic hydroxyl groups is 1. The zero-order valence-electron chi connectivity index (χ0n) is 10.4. The van der Waals surface area contributed by atoms with Gasteiger partial charge in [-0.15, -0.1) is 0 Å². The molecule has 0 aliphatic carbocycles. The van der Waals surface area contributed by atoms with E-state index in [1.807, 2.05) is 49.4 Å². The summed E-state index contributed by atoms with van der Waals surface area (Å²) in [6.45, 7) is 3.16. The fourth-order valence-electron chi connectivity index (χ4n) is 1.74. The summed E-state index contributed by atoms with van der Waals surface area (Å²) in [5.74, 6) is 1.13. The van der Waals surface area contributed by atoms with Gasteiger partial charge in [0, 0.05) is 12.1 Å². The molecule has 0 aromatic heterocycles. The molecule has 94 valence electrons. The van der Waals surface area contributed by atoms with E-state index in [4.69, 9.17) is 4.74 Å². The van der Waals surface area contributed by atoms with E-state index >= 15 is 0 Å². The molecule has 2 rings (SSSR count). The lowest BCUT2D eigenvalue weighted by Gasteiger charge is -2.12. The van der Waals surface area contributed by atoms with Gasteiger partial charge in [-0.3, -0.25) is 0 Å². The van der Waals surface area contributed by atoms with E-state index < -0.39 is 0 Å². The Hall–Kier alpha value is -2.16. The van der Waals surface area contributed by atoms with Crippen LogP contribution in [-0.4, -0.2) is 11.7 Å². The number of hydrogen-bond acceptors (Lipinski definition) is 3. The van der Waals surface area contributed by atoms with Crippen LogP contribution in [0, 0.1) is 0 Å². The molecule has 0 bridgehead atoms. The lowest BCUT2D eigenvalue weighted by Crippen LogP contribution is -2.02. The summed E-state index contributed by atoms with van der Waals surface area (Å²) in [5, 5.41) is 13.0. The summed E-state index contributed by atoms with van der Waals surface area (Å²) < 4.78 is 5.53. The third-order valence-electron chi connectivity index (χ3n) is 2.65. The lowest BCUT2D eigenvalue weighted by atomic mass is 10.2. The van der Waals surface area contributed by atoms with Crippen LogP contribution in [0.2, 0.25) is 0 Å². The summed E-state index contributed by atoms with van der Waals surface area (Å²) >= 11 is 0. The Kier molecular flexibility index (Phi) is 4.07. The third kappa shape index (κ3) is 2.94. The maximum atomic E-state index is 9.69. The predicted octanol–water partition coefficient (Wildman–Crippen LogP) is 3.40. The molecule has 0 atom stereocenters. The van der Waals surface area contributed by atoms with Gasteiger partial charge in [-0.1, -0.05) is 30.3 Å². The highest BCUT2D eigenvalue weighted by Crippen LogP contribution is 2.25. The van der Waals surface area contributed by atoms with Crippen LogP contribution in [0.15, 0.2) is 48.5 Å². The molecule has 3 heteroatoms. The molecule has 0 spiro atoms. The number of ether oxygens (including phenoxy) is 1. The van der Waals surface area contributed by atoms with Crippen molar-refractivity contribution in [3.63, 3.8) is 0 Å². The molecule has 0 amide bonds. The molecule has 2 aromatic rings. The van der Waals surface area contributed by atoms with E-state index in [9.17, 15) is 5.11 Å². The van der Waals surface area contributed by atoms with E-state index in [0.29, 0.717) is 18.9 Å². The number of hydrogen-bond donors (Lipinski definition) is 2. The van der Waals surface area contributed by atoms with Gasteiger partial charge in [-0.25, -0.2) is 0 Å². The van der Waals surface area contributed by atoms with Gasteiger partial charge in [0.25, 0.3) is 0 Å². The minimum Gasteiger partial charge on any atom is -0.508 e. The van der Waals surface area contributed by atoms with Gasteiger partial charge >= 0.3 is 0 Å². The maximum Gasteiger partial charge on any atom is 0.142 e. The van der Waals surface area contributed by atoms with Crippen molar-refractivity contribution >= 4 is 5.69 Å². The normalized spacial score (nSPS) is 10.1. The standard InChI is InChI=1S/C15H17NO2/c1-2-18-15-10-6-4-8-13(15)16-11-12-7-3-5-9-14(12)17/h3-10,16-17H,2,11H2,1H3. The molecule has 0 radical (unpaired) electrons. The van der Waals surface area contributed by atoms with Gasteiger partial charge in [0.15, 0.2) is 0 Å². The van der Waals surface area contributed by atoms with Crippen LogP contribution in [-0.2, 0) is 6.54 Å². The Morgan fingerprint density at radius 3 is 2.56 bits per heavy atom. The first-order valence-corrected chi connectivity index (χ1v) is 6.04. The molecular formula is C15H17NO2. The molecule has 2 N–H and O–H groups in total. The van der Waals surface area contributed by atoms with Crippen LogP contribution in [0.25, 0.3) is 0 Å². The van der Waals surface area contributed by atoms with Gasteiger partial charge in [-0.2, -0.15) is 0 Å². The van der Waals surface area contributed by atoms with E-state index in [2.05, 4.69) is 5.32 Å². The van der Waals surface area contributed by atoms with Crippen molar-refractivity contribution < 1.29 is 9.84 Å². The van der Waals surface area contributed by atoms with E-state index in [-0.39, 0.29) is 0 Å². The number of rotatable bonds is 5. The zero-order valence-corrected chi connectivity index (χ0v) is 10.4. The third-order valence-corrected chi connectivity index (χ3v) is 2.65. The Bertz CT molecular complexity index is 511. The zero-order chi connectivity index (χ0) is 12.8. The minimum atomic E-state index is 0.305. The molecule has 0 aliphatic heterocycles. The fourth-order valence-corrected chi connectivity index (χ4v) is 1.74. The number of benzene rings is 2. The van der Waals surface area contributed by atoms with Crippen LogP contribution in [0.3, 0.4) is 0 Å². The molecule has 3 nitrogen and oxygen atoms in total.